The van der Waals surface area contributed by atoms with Crippen molar-refractivity contribution in [2.45, 2.75) is 0 Å². The summed E-state index contributed by atoms with van der Waals surface area (Å²) in [4.78, 5) is 0. The Hall–Kier alpha value is -1.73. The molecule has 1 rings (SSSR count). The molecule has 1 N–H and O–H groups in total. The average Bonchev–Trinajstić information content (AvgIpc) is 2.18. The third-order valence-electron chi connectivity index (χ3n) is 1.61. The largest absolute Gasteiger partial charge is 0.392 e. The molecule has 1 aromatic carbocycles. The number of hydrogen-bond donors (Lipinski definition) is 1. The van der Waals surface area contributed by atoms with Crippen LogP contribution in [0.1, 0.15) is 11.1 Å². The summed E-state index contributed by atoms with van der Waals surface area (Å²) in [5, 5.41) is 16.8. The van der Waals surface area contributed by atoms with E-state index in [0.29, 0.717) is 0 Å². The highest BCUT2D eigenvalue weighted by atomic mass is 19.1. The lowest BCUT2D eigenvalue weighted by Gasteiger charge is -1.98. The number of benzene rings is 1. The second-order valence-corrected chi connectivity index (χ2v) is 2.55. The Labute approximate surface area is 79.7 Å². The molecule has 0 aliphatic rings. The van der Waals surface area contributed by atoms with E-state index in [1.54, 1.807) is 0 Å². The van der Waals surface area contributed by atoms with Gasteiger partial charge in [-0.05, 0) is 12.1 Å². The Morgan fingerprint density at radius 1 is 1.36 bits per heavy atom. The molecule has 0 atom stereocenters. The molecule has 4 heteroatoms. The maximum absolute atomic E-state index is 13.1. The predicted molar refractivity (Wildman–Crippen MR) is 47.2 cm³/mol. The zero-order chi connectivity index (χ0) is 10.6. The highest BCUT2D eigenvalue weighted by Crippen LogP contribution is 2.15. The minimum Gasteiger partial charge on any atom is -0.392 e. The van der Waals surface area contributed by atoms with Crippen LogP contribution in [0.25, 0.3) is 6.08 Å². The van der Waals surface area contributed by atoms with Gasteiger partial charge in [-0.25, -0.2) is 8.78 Å². The van der Waals surface area contributed by atoms with Gasteiger partial charge in [0.05, 0.1) is 12.2 Å². The summed E-state index contributed by atoms with van der Waals surface area (Å²) in [6.45, 7) is -0.249. The number of hydrogen-bond acceptors (Lipinski definition) is 2. The zero-order valence-electron chi connectivity index (χ0n) is 7.17. The van der Waals surface area contributed by atoms with Gasteiger partial charge in [0, 0.05) is 5.56 Å². The fourth-order valence-electron chi connectivity index (χ4n) is 0.955. The minimum absolute atomic E-state index is 0.00977. The molecule has 0 unspecified atom stereocenters. The fraction of sp³-hybridized carbons (Fsp3) is 0.100. The summed E-state index contributed by atoms with van der Waals surface area (Å²) in [6, 6.07) is 3.27. The van der Waals surface area contributed by atoms with Crippen LogP contribution in [0.3, 0.4) is 0 Å². The molecular weight excluding hydrogens is 188 g/mol. The Balaban J connectivity index is 3.17. The van der Waals surface area contributed by atoms with E-state index in [4.69, 9.17) is 10.4 Å². The standard InChI is InChI=1S/C10H7F2NO/c11-9-5-8(6-13)10(12)4-7(9)2-1-3-14/h1-2,4-5,14H,3H2. The van der Waals surface area contributed by atoms with E-state index in [-0.39, 0.29) is 17.7 Å². The van der Waals surface area contributed by atoms with Gasteiger partial charge in [0.25, 0.3) is 0 Å². The molecular formula is C10H7F2NO. The number of halogens is 2. The summed E-state index contributed by atoms with van der Waals surface area (Å²) >= 11 is 0. The van der Waals surface area contributed by atoms with Crippen molar-refractivity contribution in [2.75, 3.05) is 6.61 Å². The fourth-order valence-corrected chi connectivity index (χ4v) is 0.955. The minimum atomic E-state index is -0.772. The second-order valence-electron chi connectivity index (χ2n) is 2.55. The van der Waals surface area contributed by atoms with Gasteiger partial charge in [-0.15, -0.1) is 0 Å². The van der Waals surface area contributed by atoms with Crippen molar-refractivity contribution in [1.29, 1.82) is 5.26 Å². The monoisotopic (exact) mass is 195 g/mol. The van der Waals surface area contributed by atoms with Crippen LogP contribution in [0.15, 0.2) is 18.2 Å². The van der Waals surface area contributed by atoms with Crippen LogP contribution in [-0.4, -0.2) is 11.7 Å². The normalized spacial score (nSPS) is 10.4. The Morgan fingerprint density at radius 3 is 2.64 bits per heavy atom. The van der Waals surface area contributed by atoms with E-state index in [9.17, 15) is 8.78 Å². The first-order chi connectivity index (χ1) is 6.69. The lowest BCUT2D eigenvalue weighted by atomic mass is 10.1. The molecule has 72 valence electrons. The molecule has 0 aromatic heterocycles. The molecule has 2 nitrogen and oxygen atoms in total. The van der Waals surface area contributed by atoms with Gasteiger partial charge >= 0.3 is 0 Å². The molecule has 0 spiro atoms. The maximum atomic E-state index is 13.1. The number of aliphatic hydroxyl groups excluding tert-OH is 1. The molecule has 0 heterocycles. The molecule has 0 bridgehead atoms. The smallest absolute Gasteiger partial charge is 0.141 e. The lowest BCUT2D eigenvalue weighted by Crippen LogP contribution is -1.90. The van der Waals surface area contributed by atoms with Gasteiger partial charge in [0.15, 0.2) is 0 Å². The topological polar surface area (TPSA) is 44.0 Å². The molecule has 0 radical (unpaired) electrons. The van der Waals surface area contributed by atoms with Gasteiger partial charge < -0.3 is 5.11 Å². The molecule has 1 aromatic rings. The van der Waals surface area contributed by atoms with Gasteiger partial charge in [0.2, 0.25) is 0 Å². The maximum Gasteiger partial charge on any atom is 0.141 e. The van der Waals surface area contributed by atoms with Crippen LogP contribution in [0, 0.1) is 23.0 Å². The van der Waals surface area contributed by atoms with Crippen molar-refractivity contribution in [2.24, 2.45) is 0 Å². The van der Waals surface area contributed by atoms with E-state index in [1.807, 2.05) is 0 Å². The van der Waals surface area contributed by atoms with Crippen LogP contribution in [0.2, 0.25) is 0 Å². The van der Waals surface area contributed by atoms with Crippen molar-refractivity contribution in [1.82, 2.24) is 0 Å². The molecule has 0 aliphatic heterocycles. The number of rotatable bonds is 2. The Bertz CT molecular complexity index is 407. The number of nitrogens with zero attached hydrogens (tertiary/aromatic N) is 1. The van der Waals surface area contributed by atoms with Crippen molar-refractivity contribution >= 4 is 6.08 Å². The highest BCUT2D eigenvalue weighted by molar-refractivity contribution is 5.52. The summed E-state index contributed by atoms with van der Waals surface area (Å²) < 4.78 is 26.1. The lowest BCUT2D eigenvalue weighted by molar-refractivity contribution is 0.343. The predicted octanol–water partition coefficient (Wildman–Crippen LogP) is 1.84. The van der Waals surface area contributed by atoms with Gasteiger partial charge in [-0.3, -0.25) is 0 Å². The summed E-state index contributed by atoms with van der Waals surface area (Å²) in [6.07, 6.45) is 2.53. The van der Waals surface area contributed by atoms with Crippen LogP contribution in [0.5, 0.6) is 0 Å². The second kappa shape index (κ2) is 4.49. The first-order valence-electron chi connectivity index (χ1n) is 3.85. The quantitative estimate of drug-likeness (QED) is 0.782. The first-order valence-corrected chi connectivity index (χ1v) is 3.85. The van der Waals surface area contributed by atoms with Crippen molar-refractivity contribution < 1.29 is 13.9 Å². The molecule has 0 amide bonds. The summed E-state index contributed by atoms with van der Waals surface area (Å²) in [5.41, 5.74) is -0.320. The number of aliphatic hydroxyl groups is 1. The van der Waals surface area contributed by atoms with E-state index in [0.717, 1.165) is 12.1 Å². The third-order valence-corrected chi connectivity index (χ3v) is 1.61. The summed E-state index contributed by atoms with van der Waals surface area (Å²) in [5.74, 6) is -1.46. The van der Waals surface area contributed by atoms with Gasteiger partial charge in [0.1, 0.15) is 17.7 Å². The highest BCUT2D eigenvalue weighted by Gasteiger charge is 2.06. The SMILES string of the molecule is N#Cc1cc(F)c(C=CCO)cc1F. The van der Waals surface area contributed by atoms with E-state index in [1.165, 1.54) is 18.2 Å². The van der Waals surface area contributed by atoms with Crippen molar-refractivity contribution in [3.05, 3.63) is 41.0 Å². The van der Waals surface area contributed by atoms with Crippen molar-refractivity contribution in [3.63, 3.8) is 0 Å². The van der Waals surface area contributed by atoms with Crippen LogP contribution < -0.4 is 0 Å². The molecule has 14 heavy (non-hydrogen) atoms. The number of nitriles is 1. The van der Waals surface area contributed by atoms with Gasteiger partial charge in [-0.1, -0.05) is 12.2 Å². The summed E-state index contributed by atoms with van der Waals surface area (Å²) in [7, 11) is 0. The first kappa shape index (κ1) is 10.4. The van der Waals surface area contributed by atoms with Crippen LogP contribution in [0.4, 0.5) is 8.78 Å². The molecule has 0 aliphatic carbocycles. The Kier molecular flexibility index (Phi) is 3.32. The molecule has 0 fully saturated rings. The molecule has 0 saturated carbocycles. The van der Waals surface area contributed by atoms with Crippen LogP contribution >= 0.6 is 0 Å². The van der Waals surface area contributed by atoms with Gasteiger partial charge in [-0.2, -0.15) is 5.26 Å². The van der Waals surface area contributed by atoms with Crippen LogP contribution in [-0.2, 0) is 0 Å². The molecule has 0 saturated heterocycles. The van der Waals surface area contributed by atoms with Crippen molar-refractivity contribution in [3.8, 4) is 6.07 Å². The van der Waals surface area contributed by atoms with E-state index in [2.05, 4.69) is 0 Å². The average molecular weight is 195 g/mol. The Morgan fingerprint density at radius 2 is 2.07 bits per heavy atom. The third kappa shape index (κ3) is 2.15. The van der Waals surface area contributed by atoms with E-state index >= 15 is 0 Å². The van der Waals surface area contributed by atoms with E-state index < -0.39 is 11.6 Å². The zero-order valence-corrected chi connectivity index (χ0v) is 7.17.